The van der Waals surface area contributed by atoms with Crippen LogP contribution in [0.15, 0.2) is 55.1 Å². The van der Waals surface area contributed by atoms with Crippen molar-refractivity contribution in [3.05, 3.63) is 66.5 Å². The van der Waals surface area contributed by atoms with Crippen molar-refractivity contribution < 1.29 is 18.7 Å². The standard InChI is InChI=1S/C21H19FN2O3/c1-2-11-27-18-9-10-24-19(18)20(25)23-17-8-7-13(12-15(17)21(24)26)14-5-3-4-6-16(14)22/h2-8,12,18-19H,1,9-11H2,(H,23,25)/t18-,19-/m0/s1. The summed E-state index contributed by atoms with van der Waals surface area (Å²) < 4.78 is 19.8. The van der Waals surface area contributed by atoms with Crippen molar-refractivity contribution in [2.75, 3.05) is 18.5 Å². The number of carbonyl (C=O) groups is 2. The van der Waals surface area contributed by atoms with E-state index in [4.69, 9.17) is 4.74 Å². The molecule has 2 aliphatic rings. The van der Waals surface area contributed by atoms with E-state index in [1.54, 1.807) is 47.4 Å². The van der Waals surface area contributed by atoms with Gasteiger partial charge in [-0.3, -0.25) is 9.59 Å². The van der Waals surface area contributed by atoms with Crippen molar-refractivity contribution in [1.29, 1.82) is 0 Å². The molecule has 4 rings (SSSR count). The van der Waals surface area contributed by atoms with Crippen LogP contribution >= 0.6 is 0 Å². The van der Waals surface area contributed by atoms with E-state index in [0.717, 1.165) is 0 Å². The molecule has 0 bridgehead atoms. The molecule has 1 N–H and O–H groups in total. The molecule has 0 aromatic heterocycles. The van der Waals surface area contributed by atoms with E-state index in [0.29, 0.717) is 42.0 Å². The molecule has 2 aromatic rings. The molecule has 5 nitrogen and oxygen atoms in total. The van der Waals surface area contributed by atoms with E-state index < -0.39 is 6.04 Å². The van der Waals surface area contributed by atoms with E-state index >= 15 is 0 Å². The predicted molar refractivity (Wildman–Crippen MR) is 99.8 cm³/mol. The Kier molecular flexibility index (Phi) is 4.49. The average Bonchev–Trinajstić information content (AvgIpc) is 3.06. The van der Waals surface area contributed by atoms with Gasteiger partial charge in [-0.1, -0.05) is 30.3 Å². The van der Waals surface area contributed by atoms with Crippen LogP contribution in [0, 0.1) is 5.82 Å². The van der Waals surface area contributed by atoms with Crippen LogP contribution in [0.1, 0.15) is 16.8 Å². The lowest BCUT2D eigenvalue weighted by Crippen LogP contribution is -2.46. The number of ether oxygens (including phenoxy) is 1. The molecular formula is C21H19FN2O3. The number of halogens is 1. The van der Waals surface area contributed by atoms with Gasteiger partial charge >= 0.3 is 0 Å². The zero-order valence-electron chi connectivity index (χ0n) is 14.7. The Morgan fingerprint density at radius 1 is 1.22 bits per heavy atom. The van der Waals surface area contributed by atoms with Crippen LogP contribution in [-0.4, -0.2) is 42.0 Å². The first kappa shape index (κ1) is 17.4. The molecule has 0 unspecified atom stereocenters. The number of hydrogen-bond acceptors (Lipinski definition) is 3. The fourth-order valence-electron chi connectivity index (χ4n) is 3.72. The summed E-state index contributed by atoms with van der Waals surface area (Å²) in [4.78, 5) is 27.4. The minimum absolute atomic E-state index is 0.253. The summed E-state index contributed by atoms with van der Waals surface area (Å²) in [6.07, 6.45) is 1.83. The van der Waals surface area contributed by atoms with E-state index in [-0.39, 0.29) is 23.7 Å². The van der Waals surface area contributed by atoms with Gasteiger partial charge in [-0.25, -0.2) is 4.39 Å². The zero-order valence-corrected chi connectivity index (χ0v) is 14.7. The zero-order chi connectivity index (χ0) is 19.0. The molecule has 2 amide bonds. The van der Waals surface area contributed by atoms with E-state index in [1.807, 2.05) is 0 Å². The first-order valence-electron chi connectivity index (χ1n) is 8.83. The molecule has 2 aliphatic heterocycles. The lowest BCUT2D eigenvalue weighted by Gasteiger charge is -2.24. The molecule has 2 aromatic carbocycles. The van der Waals surface area contributed by atoms with Crippen LogP contribution in [0.4, 0.5) is 10.1 Å². The third-order valence-corrected chi connectivity index (χ3v) is 4.99. The fraction of sp³-hybridized carbons (Fsp3) is 0.238. The molecule has 6 heteroatoms. The summed E-state index contributed by atoms with van der Waals surface area (Å²) in [5.74, 6) is -0.886. The third-order valence-electron chi connectivity index (χ3n) is 4.99. The summed E-state index contributed by atoms with van der Waals surface area (Å²) in [6.45, 7) is 4.37. The number of fused-ring (bicyclic) bond motifs is 2. The molecule has 1 saturated heterocycles. The lowest BCUT2D eigenvalue weighted by atomic mass is 10.0. The van der Waals surface area contributed by atoms with E-state index in [9.17, 15) is 14.0 Å². The Bertz CT molecular complexity index is 927. The largest absolute Gasteiger partial charge is 0.371 e. The second-order valence-electron chi connectivity index (χ2n) is 6.62. The summed E-state index contributed by atoms with van der Waals surface area (Å²) in [7, 11) is 0. The average molecular weight is 366 g/mol. The Labute approximate surface area is 156 Å². The normalized spacial score (nSPS) is 21.3. The minimum Gasteiger partial charge on any atom is -0.371 e. The topological polar surface area (TPSA) is 58.6 Å². The maximum atomic E-state index is 14.1. The van der Waals surface area contributed by atoms with Gasteiger partial charge in [0.2, 0.25) is 5.91 Å². The SMILES string of the molecule is C=CCO[C@H]1CCN2C(=O)c3cc(-c4ccccc4F)ccc3NC(=O)[C@H]12. The number of benzene rings is 2. The molecule has 27 heavy (non-hydrogen) atoms. The Morgan fingerprint density at radius 3 is 2.81 bits per heavy atom. The monoisotopic (exact) mass is 366 g/mol. The number of carbonyl (C=O) groups excluding carboxylic acids is 2. The highest BCUT2D eigenvalue weighted by Crippen LogP contribution is 2.33. The Balaban J connectivity index is 1.72. The highest BCUT2D eigenvalue weighted by molar-refractivity contribution is 6.11. The van der Waals surface area contributed by atoms with Crippen LogP contribution in [0.5, 0.6) is 0 Å². The number of nitrogens with one attached hydrogen (secondary N) is 1. The number of anilines is 1. The molecule has 1 fully saturated rings. The van der Waals surface area contributed by atoms with Crippen LogP contribution in [-0.2, 0) is 9.53 Å². The molecule has 0 spiro atoms. The summed E-state index contributed by atoms with van der Waals surface area (Å²) >= 11 is 0. The van der Waals surface area contributed by atoms with Gasteiger partial charge in [0.05, 0.1) is 24.0 Å². The van der Waals surface area contributed by atoms with Gasteiger partial charge in [0.1, 0.15) is 11.9 Å². The number of hydrogen-bond donors (Lipinski definition) is 1. The van der Waals surface area contributed by atoms with Crippen LogP contribution in [0.3, 0.4) is 0 Å². The van der Waals surface area contributed by atoms with Crippen LogP contribution < -0.4 is 5.32 Å². The van der Waals surface area contributed by atoms with Gasteiger partial charge in [0, 0.05) is 12.1 Å². The summed E-state index contributed by atoms with van der Waals surface area (Å²) in [5.41, 5.74) is 1.79. The van der Waals surface area contributed by atoms with Crippen molar-refractivity contribution >= 4 is 17.5 Å². The van der Waals surface area contributed by atoms with Gasteiger partial charge < -0.3 is 15.0 Å². The Hall–Kier alpha value is -2.99. The molecule has 2 heterocycles. The quantitative estimate of drug-likeness (QED) is 0.846. The van der Waals surface area contributed by atoms with Gasteiger partial charge in [0.15, 0.2) is 0 Å². The molecule has 2 atom stereocenters. The predicted octanol–water partition coefficient (Wildman–Crippen LogP) is 3.23. The van der Waals surface area contributed by atoms with Gasteiger partial charge in [-0.15, -0.1) is 6.58 Å². The lowest BCUT2D eigenvalue weighted by molar-refractivity contribution is -0.122. The minimum atomic E-state index is -0.679. The fourth-order valence-corrected chi connectivity index (χ4v) is 3.72. The van der Waals surface area contributed by atoms with Crippen molar-refractivity contribution in [1.82, 2.24) is 4.90 Å². The second-order valence-corrected chi connectivity index (χ2v) is 6.62. The van der Waals surface area contributed by atoms with Gasteiger partial charge in [-0.05, 0) is 30.2 Å². The van der Waals surface area contributed by atoms with Gasteiger partial charge in [-0.2, -0.15) is 0 Å². The van der Waals surface area contributed by atoms with E-state index in [1.165, 1.54) is 6.07 Å². The highest BCUT2D eigenvalue weighted by atomic mass is 19.1. The molecule has 138 valence electrons. The van der Waals surface area contributed by atoms with Gasteiger partial charge in [0.25, 0.3) is 5.91 Å². The van der Waals surface area contributed by atoms with Crippen molar-refractivity contribution in [3.63, 3.8) is 0 Å². The number of amides is 2. The van der Waals surface area contributed by atoms with Crippen LogP contribution in [0.2, 0.25) is 0 Å². The Morgan fingerprint density at radius 2 is 2.04 bits per heavy atom. The molecule has 0 aliphatic carbocycles. The summed E-state index contributed by atoms with van der Waals surface area (Å²) in [5, 5.41) is 2.82. The molecular weight excluding hydrogens is 347 g/mol. The maximum Gasteiger partial charge on any atom is 0.256 e. The first-order valence-corrected chi connectivity index (χ1v) is 8.83. The second kappa shape index (κ2) is 6.96. The van der Waals surface area contributed by atoms with E-state index in [2.05, 4.69) is 11.9 Å². The van der Waals surface area contributed by atoms with Crippen molar-refractivity contribution in [3.8, 4) is 11.1 Å². The highest BCUT2D eigenvalue weighted by Gasteiger charge is 2.45. The maximum absolute atomic E-state index is 14.1. The van der Waals surface area contributed by atoms with Crippen molar-refractivity contribution in [2.24, 2.45) is 0 Å². The number of rotatable bonds is 4. The third kappa shape index (κ3) is 3.02. The number of nitrogens with zero attached hydrogens (tertiary/aromatic N) is 1. The summed E-state index contributed by atoms with van der Waals surface area (Å²) in [6, 6.07) is 10.7. The van der Waals surface area contributed by atoms with Crippen molar-refractivity contribution in [2.45, 2.75) is 18.6 Å². The molecule has 0 saturated carbocycles. The van der Waals surface area contributed by atoms with Crippen LogP contribution in [0.25, 0.3) is 11.1 Å². The smallest absolute Gasteiger partial charge is 0.256 e. The first-order chi connectivity index (χ1) is 13.1. The molecule has 0 radical (unpaired) electrons.